The quantitative estimate of drug-likeness (QED) is 0.863. The third-order valence-corrected chi connectivity index (χ3v) is 5.85. The van der Waals surface area contributed by atoms with E-state index in [9.17, 15) is 9.59 Å². The summed E-state index contributed by atoms with van der Waals surface area (Å²) < 4.78 is 0. The monoisotopic (exact) mass is 358 g/mol. The average Bonchev–Trinajstić information content (AvgIpc) is 2.64. The van der Waals surface area contributed by atoms with Crippen LogP contribution in [0.4, 0.5) is 4.79 Å². The molecule has 3 N–H and O–H groups in total. The lowest BCUT2D eigenvalue weighted by atomic mass is 9.78. The van der Waals surface area contributed by atoms with E-state index < -0.39 is 6.03 Å². The van der Waals surface area contributed by atoms with E-state index in [0.29, 0.717) is 13.1 Å². The molecule has 3 amide bonds. The van der Waals surface area contributed by atoms with Crippen molar-refractivity contribution in [1.29, 1.82) is 0 Å². The topological polar surface area (TPSA) is 78.7 Å². The fourth-order valence-corrected chi connectivity index (χ4v) is 4.07. The SMILES string of the molecule is CC1(C(=O)N2CCC(NC(N)=O)CC2)CCN(Cc2ccccc2)CC1. The molecule has 1 aromatic carbocycles. The number of primary amides is 1. The molecule has 0 radical (unpaired) electrons. The zero-order valence-electron chi connectivity index (χ0n) is 15.6. The summed E-state index contributed by atoms with van der Waals surface area (Å²) in [6.07, 6.45) is 3.37. The minimum Gasteiger partial charge on any atom is -0.352 e. The maximum absolute atomic E-state index is 13.1. The summed E-state index contributed by atoms with van der Waals surface area (Å²) in [5, 5.41) is 2.75. The summed E-state index contributed by atoms with van der Waals surface area (Å²) >= 11 is 0. The molecule has 26 heavy (non-hydrogen) atoms. The third kappa shape index (κ3) is 4.55. The Morgan fingerprint density at radius 1 is 1.12 bits per heavy atom. The van der Waals surface area contributed by atoms with E-state index in [2.05, 4.69) is 41.4 Å². The molecule has 2 aliphatic heterocycles. The minimum atomic E-state index is -0.479. The lowest BCUT2D eigenvalue weighted by Gasteiger charge is -2.43. The van der Waals surface area contributed by atoms with Gasteiger partial charge in [0, 0.05) is 31.1 Å². The smallest absolute Gasteiger partial charge is 0.312 e. The molecule has 0 spiro atoms. The molecule has 0 aliphatic carbocycles. The van der Waals surface area contributed by atoms with Crippen LogP contribution in [0.5, 0.6) is 0 Å². The van der Waals surface area contributed by atoms with Gasteiger partial charge in [-0.25, -0.2) is 4.79 Å². The van der Waals surface area contributed by atoms with Gasteiger partial charge in [0.1, 0.15) is 0 Å². The van der Waals surface area contributed by atoms with Crippen LogP contribution in [0.25, 0.3) is 0 Å². The van der Waals surface area contributed by atoms with Gasteiger partial charge in [-0.1, -0.05) is 37.3 Å². The fourth-order valence-electron chi connectivity index (χ4n) is 4.07. The van der Waals surface area contributed by atoms with E-state index in [1.54, 1.807) is 0 Å². The molecule has 1 aromatic rings. The molecular formula is C20H30N4O2. The Bertz CT molecular complexity index is 618. The van der Waals surface area contributed by atoms with E-state index in [1.165, 1.54) is 5.56 Å². The number of urea groups is 1. The second-order valence-corrected chi connectivity index (χ2v) is 7.90. The van der Waals surface area contributed by atoms with Crippen molar-refractivity contribution in [2.45, 2.75) is 45.2 Å². The van der Waals surface area contributed by atoms with Crippen LogP contribution in [-0.4, -0.2) is 54.0 Å². The molecule has 6 heteroatoms. The molecule has 0 bridgehead atoms. The van der Waals surface area contributed by atoms with Crippen LogP contribution in [0.2, 0.25) is 0 Å². The van der Waals surface area contributed by atoms with E-state index in [0.717, 1.165) is 45.3 Å². The predicted octanol–water partition coefficient (Wildman–Crippen LogP) is 1.95. The minimum absolute atomic E-state index is 0.0945. The molecular weight excluding hydrogens is 328 g/mol. The lowest BCUT2D eigenvalue weighted by Crippen LogP contribution is -2.53. The van der Waals surface area contributed by atoms with Crippen molar-refractivity contribution in [3.05, 3.63) is 35.9 Å². The second kappa shape index (κ2) is 8.08. The normalized spacial score (nSPS) is 21.3. The molecule has 2 aliphatic rings. The van der Waals surface area contributed by atoms with E-state index in [-0.39, 0.29) is 17.4 Å². The first-order chi connectivity index (χ1) is 12.5. The van der Waals surface area contributed by atoms with Gasteiger partial charge in [-0.3, -0.25) is 9.69 Å². The molecule has 2 fully saturated rings. The summed E-state index contributed by atoms with van der Waals surface area (Å²) in [5.74, 6) is 0.273. The average molecular weight is 358 g/mol. The number of piperidine rings is 2. The third-order valence-electron chi connectivity index (χ3n) is 5.85. The van der Waals surface area contributed by atoms with Crippen molar-refractivity contribution in [2.24, 2.45) is 11.1 Å². The first-order valence-electron chi connectivity index (χ1n) is 9.58. The Balaban J connectivity index is 1.49. The highest BCUT2D eigenvalue weighted by Crippen LogP contribution is 2.34. The van der Waals surface area contributed by atoms with Gasteiger partial charge in [0.15, 0.2) is 0 Å². The summed E-state index contributed by atoms with van der Waals surface area (Å²) in [6, 6.07) is 10.1. The Kier molecular flexibility index (Phi) is 5.81. The van der Waals surface area contributed by atoms with Gasteiger partial charge in [-0.2, -0.15) is 0 Å². The number of rotatable bonds is 4. The molecule has 0 unspecified atom stereocenters. The van der Waals surface area contributed by atoms with Crippen LogP contribution < -0.4 is 11.1 Å². The van der Waals surface area contributed by atoms with Crippen molar-refractivity contribution < 1.29 is 9.59 Å². The molecule has 142 valence electrons. The van der Waals surface area contributed by atoms with Crippen LogP contribution >= 0.6 is 0 Å². The first kappa shape index (κ1) is 18.7. The van der Waals surface area contributed by atoms with Crippen molar-refractivity contribution >= 4 is 11.9 Å². The van der Waals surface area contributed by atoms with Gasteiger partial charge >= 0.3 is 6.03 Å². The predicted molar refractivity (Wildman–Crippen MR) is 101 cm³/mol. The van der Waals surface area contributed by atoms with Crippen molar-refractivity contribution in [3.63, 3.8) is 0 Å². The number of benzene rings is 1. The standard InChI is InChI=1S/C20H30N4O2/c1-20(18(25)24-11-7-17(8-12-24)22-19(21)26)9-13-23(14-10-20)15-16-5-3-2-4-6-16/h2-6,17H,7-15H2,1H3,(H3,21,22,26). The number of carbonyl (C=O) groups excluding carboxylic acids is 2. The highest BCUT2D eigenvalue weighted by atomic mass is 16.2. The molecule has 0 atom stereocenters. The maximum atomic E-state index is 13.1. The Morgan fingerprint density at radius 3 is 2.31 bits per heavy atom. The maximum Gasteiger partial charge on any atom is 0.312 e. The number of hydrogen-bond donors (Lipinski definition) is 2. The summed E-state index contributed by atoms with van der Waals surface area (Å²) in [6.45, 7) is 6.38. The molecule has 2 heterocycles. The highest BCUT2D eigenvalue weighted by molar-refractivity contribution is 5.82. The second-order valence-electron chi connectivity index (χ2n) is 7.90. The first-order valence-corrected chi connectivity index (χ1v) is 9.58. The summed E-state index contributed by atoms with van der Waals surface area (Å²) in [5.41, 5.74) is 6.25. The number of hydrogen-bond acceptors (Lipinski definition) is 3. The van der Waals surface area contributed by atoms with Crippen LogP contribution in [0, 0.1) is 5.41 Å². The number of nitrogens with two attached hydrogens (primary N) is 1. The Hall–Kier alpha value is -2.08. The molecule has 6 nitrogen and oxygen atoms in total. The van der Waals surface area contributed by atoms with Crippen molar-refractivity contribution in [2.75, 3.05) is 26.2 Å². The Morgan fingerprint density at radius 2 is 1.73 bits per heavy atom. The summed E-state index contributed by atoms with van der Waals surface area (Å²) in [4.78, 5) is 28.4. The van der Waals surface area contributed by atoms with Crippen LogP contribution in [0.3, 0.4) is 0 Å². The van der Waals surface area contributed by atoms with Gasteiger partial charge in [-0.05, 0) is 44.3 Å². The van der Waals surface area contributed by atoms with Crippen LogP contribution in [-0.2, 0) is 11.3 Å². The van der Waals surface area contributed by atoms with Crippen LogP contribution in [0.1, 0.15) is 38.2 Å². The highest BCUT2D eigenvalue weighted by Gasteiger charge is 2.40. The largest absolute Gasteiger partial charge is 0.352 e. The van der Waals surface area contributed by atoms with Gasteiger partial charge in [0.25, 0.3) is 0 Å². The molecule has 0 saturated carbocycles. The van der Waals surface area contributed by atoms with E-state index >= 15 is 0 Å². The summed E-state index contributed by atoms with van der Waals surface area (Å²) in [7, 11) is 0. The van der Waals surface area contributed by atoms with E-state index in [1.807, 2.05) is 11.0 Å². The lowest BCUT2D eigenvalue weighted by molar-refractivity contribution is -0.145. The zero-order valence-corrected chi connectivity index (χ0v) is 15.6. The Labute approximate surface area is 155 Å². The van der Waals surface area contributed by atoms with Crippen LogP contribution in [0.15, 0.2) is 30.3 Å². The number of nitrogens with zero attached hydrogens (tertiary/aromatic N) is 2. The van der Waals surface area contributed by atoms with Gasteiger partial charge in [0.2, 0.25) is 5.91 Å². The number of likely N-dealkylation sites (tertiary alicyclic amines) is 2. The van der Waals surface area contributed by atoms with Crippen molar-refractivity contribution in [1.82, 2.24) is 15.1 Å². The van der Waals surface area contributed by atoms with E-state index in [4.69, 9.17) is 5.73 Å². The fraction of sp³-hybridized carbons (Fsp3) is 0.600. The number of amides is 3. The molecule has 3 rings (SSSR count). The molecule has 0 aromatic heterocycles. The van der Waals surface area contributed by atoms with Gasteiger partial charge in [0.05, 0.1) is 0 Å². The number of carbonyl (C=O) groups is 2. The zero-order chi connectivity index (χ0) is 18.6. The molecule has 2 saturated heterocycles. The van der Waals surface area contributed by atoms with Gasteiger partial charge < -0.3 is 16.0 Å². The number of nitrogens with one attached hydrogen (secondary N) is 1. The van der Waals surface area contributed by atoms with Crippen molar-refractivity contribution in [3.8, 4) is 0 Å². The van der Waals surface area contributed by atoms with Gasteiger partial charge in [-0.15, -0.1) is 0 Å².